The lowest BCUT2D eigenvalue weighted by atomic mass is 10.0. The first-order valence-electron chi connectivity index (χ1n) is 10.0. The van der Waals surface area contributed by atoms with Gasteiger partial charge in [0.05, 0.1) is 18.4 Å². The molecule has 1 aromatic carbocycles. The van der Waals surface area contributed by atoms with Crippen molar-refractivity contribution < 1.29 is 4.79 Å². The topological polar surface area (TPSA) is 50.2 Å². The maximum atomic E-state index is 12.2. The Kier molecular flexibility index (Phi) is 5.39. The molecule has 0 unspecified atom stereocenters. The summed E-state index contributed by atoms with van der Waals surface area (Å²) in [7, 11) is 0. The zero-order chi connectivity index (χ0) is 18.6. The number of aromatic nitrogens is 2. The van der Waals surface area contributed by atoms with Gasteiger partial charge >= 0.3 is 0 Å². The van der Waals surface area contributed by atoms with Crippen molar-refractivity contribution in [2.45, 2.75) is 45.1 Å². The van der Waals surface area contributed by atoms with Crippen molar-refractivity contribution in [1.29, 1.82) is 0 Å². The van der Waals surface area contributed by atoms with Crippen LogP contribution in [0.15, 0.2) is 42.7 Å². The Labute approximate surface area is 161 Å². The summed E-state index contributed by atoms with van der Waals surface area (Å²) in [5.41, 5.74) is 4.82. The number of carbonyl (C=O) groups excluding carboxylic acids is 1. The van der Waals surface area contributed by atoms with Gasteiger partial charge in [-0.3, -0.25) is 9.69 Å². The second-order valence-electron chi connectivity index (χ2n) is 7.77. The average molecular weight is 364 g/mol. The maximum Gasteiger partial charge on any atom is 0.234 e. The van der Waals surface area contributed by atoms with Gasteiger partial charge in [0.15, 0.2) is 0 Å². The molecule has 1 aliphatic carbocycles. The van der Waals surface area contributed by atoms with E-state index in [9.17, 15) is 4.79 Å². The van der Waals surface area contributed by atoms with Gasteiger partial charge in [-0.15, -0.1) is 0 Å². The summed E-state index contributed by atoms with van der Waals surface area (Å²) in [6.07, 6.45) is 12.0. The van der Waals surface area contributed by atoms with Crippen molar-refractivity contribution in [1.82, 2.24) is 20.0 Å². The third-order valence-corrected chi connectivity index (χ3v) is 5.63. The fourth-order valence-corrected chi connectivity index (χ4v) is 3.99. The highest BCUT2D eigenvalue weighted by atomic mass is 16.2. The molecule has 4 rings (SSSR count). The summed E-state index contributed by atoms with van der Waals surface area (Å²) in [6.45, 7) is 4.33. The molecule has 0 saturated heterocycles. The molecule has 0 spiro atoms. The summed E-state index contributed by atoms with van der Waals surface area (Å²) >= 11 is 0. The largest absolute Gasteiger partial charge is 0.352 e. The Morgan fingerprint density at radius 1 is 1.22 bits per heavy atom. The first kappa shape index (κ1) is 18.0. The molecule has 0 bridgehead atoms. The lowest BCUT2D eigenvalue weighted by molar-refractivity contribution is -0.122. The molecule has 1 aromatic heterocycles. The van der Waals surface area contributed by atoms with Crippen LogP contribution < -0.4 is 5.32 Å². The highest BCUT2D eigenvalue weighted by Gasteiger charge is 2.20. The van der Waals surface area contributed by atoms with E-state index in [0.29, 0.717) is 12.6 Å². The molecule has 1 fully saturated rings. The number of hydrogen-bond acceptors (Lipinski definition) is 3. The van der Waals surface area contributed by atoms with Crippen LogP contribution in [0.3, 0.4) is 0 Å². The third kappa shape index (κ3) is 4.48. The minimum Gasteiger partial charge on any atom is -0.352 e. The van der Waals surface area contributed by atoms with Crippen molar-refractivity contribution >= 4 is 11.5 Å². The van der Waals surface area contributed by atoms with Crippen LogP contribution in [0.5, 0.6) is 0 Å². The number of nitrogens with zero attached hydrogens (tertiary/aromatic N) is 3. The van der Waals surface area contributed by atoms with E-state index in [-0.39, 0.29) is 5.91 Å². The number of hydrogen-bond donors (Lipinski definition) is 1. The Hall–Kier alpha value is -2.40. The number of rotatable bonds is 5. The first-order chi connectivity index (χ1) is 13.2. The van der Waals surface area contributed by atoms with Crippen LogP contribution in [0.25, 0.3) is 11.3 Å². The van der Waals surface area contributed by atoms with Gasteiger partial charge in [0.1, 0.15) is 0 Å². The molecule has 142 valence electrons. The smallest absolute Gasteiger partial charge is 0.234 e. The molecule has 5 nitrogen and oxygen atoms in total. The Morgan fingerprint density at radius 2 is 2.00 bits per heavy atom. The Morgan fingerprint density at radius 3 is 2.70 bits per heavy atom. The zero-order valence-corrected chi connectivity index (χ0v) is 16.0. The average Bonchev–Trinajstić information content (AvgIpc) is 3.35. The van der Waals surface area contributed by atoms with E-state index in [4.69, 9.17) is 0 Å². The Balaban J connectivity index is 1.33. The van der Waals surface area contributed by atoms with Crippen molar-refractivity contribution in [3.63, 3.8) is 0 Å². The van der Waals surface area contributed by atoms with Crippen LogP contribution in [0.1, 0.15) is 43.2 Å². The van der Waals surface area contributed by atoms with Crippen molar-refractivity contribution in [2.75, 3.05) is 19.6 Å². The second kappa shape index (κ2) is 8.09. The standard InChI is InChI=1S/C22H28N4O/c1-17-6-8-21(9-7-17)26-15-19(14-23-26)18-10-12-25(13-11-18)16-22(27)24-20-4-2-3-5-20/h6-10,14-15,20H,2-5,11-13,16H2,1H3,(H,24,27). The van der Waals surface area contributed by atoms with Crippen LogP contribution in [0.2, 0.25) is 0 Å². The quantitative estimate of drug-likeness (QED) is 0.885. The van der Waals surface area contributed by atoms with Gasteiger partial charge in [-0.2, -0.15) is 5.10 Å². The monoisotopic (exact) mass is 364 g/mol. The molecule has 2 heterocycles. The van der Waals surface area contributed by atoms with Gasteiger partial charge in [0, 0.05) is 30.9 Å². The highest BCUT2D eigenvalue weighted by molar-refractivity contribution is 5.78. The number of amides is 1. The molecule has 0 radical (unpaired) electrons. The van der Waals surface area contributed by atoms with Gasteiger partial charge in [-0.1, -0.05) is 36.6 Å². The SMILES string of the molecule is Cc1ccc(-n2cc(C3=CCN(CC(=O)NC4CCCC4)CC3)cn2)cc1. The van der Waals surface area contributed by atoms with Gasteiger partial charge < -0.3 is 5.32 Å². The molecular formula is C22H28N4O. The minimum atomic E-state index is 0.172. The van der Waals surface area contributed by atoms with Crippen molar-refractivity contribution in [3.8, 4) is 5.69 Å². The second-order valence-corrected chi connectivity index (χ2v) is 7.77. The molecule has 27 heavy (non-hydrogen) atoms. The van der Waals surface area contributed by atoms with Crippen molar-refractivity contribution in [2.24, 2.45) is 0 Å². The number of benzene rings is 1. The van der Waals surface area contributed by atoms with E-state index in [1.54, 1.807) is 0 Å². The number of carbonyl (C=O) groups is 1. The highest BCUT2D eigenvalue weighted by Crippen LogP contribution is 2.23. The van der Waals surface area contributed by atoms with E-state index in [0.717, 1.165) is 38.0 Å². The molecule has 0 atom stereocenters. The minimum absolute atomic E-state index is 0.172. The fourth-order valence-electron chi connectivity index (χ4n) is 3.99. The van der Waals surface area contributed by atoms with Crippen LogP contribution >= 0.6 is 0 Å². The maximum absolute atomic E-state index is 12.2. The van der Waals surface area contributed by atoms with Gasteiger partial charge in [0.25, 0.3) is 0 Å². The fraction of sp³-hybridized carbons (Fsp3) is 0.455. The van der Waals surface area contributed by atoms with Gasteiger partial charge in [-0.25, -0.2) is 4.68 Å². The first-order valence-corrected chi connectivity index (χ1v) is 10.0. The van der Waals surface area contributed by atoms with Gasteiger partial charge in [-0.05, 0) is 43.9 Å². The summed E-state index contributed by atoms with van der Waals surface area (Å²) in [6, 6.07) is 8.79. The van der Waals surface area contributed by atoms with E-state index in [2.05, 4.69) is 58.8 Å². The van der Waals surface area contributed by atoms with E-state index >= 15 is 0 Å². The lowest BCUT2D eigenvalue weighted by Gasteiger charge is -2.26. The summed E-state index contributed by atoms with van der Waals surface area (Å²) < 4.78 is 1.93. The van der Waals surface area contributed by atoms with Gasteiger partial charge in [0.2, 0.25) is 5.91 Å². The van der Waals surface area contributed by atoms with Crippen LogP contribution in [0, 0.1) is 6.92 Å². The summed E-state index contributed by atoms with van der Waals surface area (Å²) in [5.74, 6) is 0.172. The molecule has 1 amide bonds. The van der Waals surface area contributed by atoms with E-state index < -0.39 is 0 Å². The van der Waals surface area contributed by atoms with Crippen LogP contribution in [-0.2, 0) is 4.79 Å². The molecule has 5 heteroatoms. The predicted molar refractivity (Wildman–Crippen MR) is 108 cm³/mol. The third-order valence-electron chi connectivity index (χ3n) is 5.63. The molecule has 1 aliphatic heterocycles. The van der Waals surface area contributed by atoms with Crippen LogP contribution in [0.4, 0.5) is 0 Å². The zero-order valence-electron chi connectivity index (χ0n) is 16.0. The Bertz CT molecular complexity index is 815. The number of nitrogens with one attached hydrogen (secondary N) is 1. The van der Waals surface area contributed by atoms with E-state index in [1.807, 2.05) is 10.9 Å². The summed E-state index contributed by atoms with van der Waals surface area (Å²) in [5, 5.41) is 7.69. The molecular weight excluding hydrogens is 336 g/mol. The lowest BCUT2D eigenvalue weighted by Crippen LogP contribution is -2.42. The van der Waals surface area contributed by atoms with Crippen molar-refractivity contribution in [3.05, 3.63) is 53.9 Å². The molecule has 2 aliphatic rings. The summed E-state index contributed by atoms with van der Waals surface area (Å²) in [4.78, 5) is 14.4. The predicted octanol–water partition coefficient (Wildman–Crippen LogP) is 3.33. The molecule has 1 saturated carbocycles. The van der Waals surface area contributed by atoms with E-state index in [1.165, 1.54) is 29.5 Å². The molecule has 2 aromatic rings. The number of aryl methyl sites for hydroxylation is 1. The normalized spacial score (nSPS) is 18.5. The molecule has 1 N–H and O–H groups in total. The van der Waals surface area contributed by atoms with Crippen LogP contribution in [-0.4, -0.2) is 46.3 Å².